The molecule has 33 heavy (non-hydrogen) atoms. The molecule has 0 fully saturated rings. The van der Waals surface area contributed by atoms with Crippen LogP contribution in [0.15, 0.2) is 72.3 Å². The van der Waals surface area contributed by atoms with E-state index >= 15 is 0 Å². The number of nitriles is 1. The molecule has 0 spiro atoms. The first-order valence-electron chi connectivity index (χ1n) is 9.51. The normalized spacial score (nSPS) is 10.8. The molecule has 0 radical (unpaired) electrons. The average Bonchev–Trinajstić information content (AvgIpc) is 2.78. The molecule has 2 N–H and O–H groups in total. The molecule has 3 aromatic carbocycles. The largest absolute Gasteiger partial charge is 0.482 e. The highest BCUT2D eigenvalue weighted by atomic mass is 35.5. The second-order valence-corrected chi connectivity index (χ2v) is 7.48. The van der Waals surface area contributed by atoms with Gasteiger partial charge in [-0.05, 0) is 54.1 Å². The highest BCUT2D eigenvalue weighted by Gasteiger charge is 2.12. The average molecular weight is 484 g/mol. The predicted molar refractivity (Wildman–Crippen MR) is 126 cm³/mol. The van der Waals surface area contributed by atoms with Crippen molar-refractivity contribution in [3.05, 3.63) is 93.7 Å². The minimum atomic E-state index is -0.610. The molecule has 6 nitrogen and oxygen atoms in total. The van der Waals surface area contributed by atoms with Crippen LogP contribution in [0.5, 0.6) is 5.75 Å². The van der Waals surface area contributed by atoms with Crippen LogP contribution in [-0.4, -0.2) is 18.4 Å². The summed E-state index contributed by atoms with van der Waals surface area (Å²) in [5, 5.41) is 15.0. The Labute approximate surface area is 199 Å². The molecule has 2 amide bonds. The Kier molecular flexibility index (Phi) is 8.03. The van der Waals surface area contributed by atoms with E-state index in [0.29, 0.717) is 16.3 Å². The monoisotopic (exact) mass is 483 g/mol. The van der Waals surface area contributed by atoms with Gasteiger partial charge >= 0.3 is 0 Å². The Morgan fingerprint density at radius 2 is 1.82 bits per heavy atom. The Morgan fingerprint density at radius 1 is 1.03 bits per heavy atom. The van der Waals surface area contributed by atoms with Crippen molar-refractivity contribution in [3.63, 3.8) is 0 Å². The highest BCUT2D eigenvalue weighted by Crippen LogP contribution is 2.27. The Morgan fingerprint density at radius 3 is 2.52 bits per heavy atom. The van der Waals surface area contributed by atoms with Crippen LogP contribution in [-0.2, 0) is 9.59 Å². The summed E-state index contributed by atoms with van der Waals surface area (Å²) in [6.45, 7) is -0.394. The molecule has 0 saturated carbocycles. The molecule has 0 aliphatic rings. The first-order valence-corrected chi connectivity index (χ1v) is 10.3. The number of carbonyl (C=O) groups excluding carboxylic acids is 2. The summed E-state index contributed by atoms with van der Waals surface area (Å²) in [6, 6.07) is 18.7. The number of hydrogen-bond donors (Lipinski definition) is 2. The van der Waals surface area contributed by atoms with Gasteiger partial charge in [0.05, 0.1) is 10.7 Å². The topological polar surface area (TPSA) is 91.2 Å². The van der Waals surface area contributed by atoms with Crippen molar-refractivity contribution >= 4 is 52.5 Å². The molecule has 9 heteroatoms. The zero-order valence-electron chi connectivity index (χ0n) is 16.9. The minimum absolute atomic E-state index is 0.0396. The van der Waals surface area contributed by atoms with Crippen LogP contribution < -0.4 is 15.4 Å². The number of para-hydroxylation sites is 1. The van der Waals surface area contributed by atoms with Crippen LogP contribution in [0.2, 0.25) is 10.0 Å². The van der Waals surface area contributed by atoms with Gasteiger partial charge in [-0.3, -0.25) is 9.59 Å². The van der Waals surface area contributed by atoms with Crippen molar-refractivity contribution in [3.8, 4) is 11.8 Å². The van der Waals surface area contributed by atoms with Gasteiger partial charge < -0.3 is 15.4 Å². The quantitative estimate of drug-likeness (QED) is 0.333. The molecule has 0 aromatic heterocycles. The maximum absolute atomic E-state index is 13.6. The number of nitrogens with one attached hydrogen (secondary N) is 2. The Hall–Kier alpha value is -3.86. The van der Waals surface area contributed by atoms with Crippen molar-refractivity contribution in [1.29, 1.82) is 5.26 Å². The van der Waals surface area contributed by atoms with Gasteiger partial charge in [-0.25, -0.2) is 4.39 Å². The summed E-state index contributed by atoms with van der Waals surface area (Å²) in [7, 11) is 0. The first-order chi connectivity index (χ1) is 15.9. The molecule has 0 atom stereocenters. The second-order valence-electron chi connectivity index (χ2n) is 6.64. The molecule has 3 aromatic rings. The van der Waals surface area contributed by atoms with Crippen molar-refractivity contribution in [2.75, 3.05) is 17.2 Å². The number of ether oxygens (including phenoxy) is 1. The summed E-state index contributed by atoms with van der Waals surface area (Å²) in [5.74, 6) is -1.53. The van der Waals surface area contributed by atoms with Gasteiger partial charge in [-0.1, -0.05) is 47.5 Å². The zero-order chi connectivity index (χ0) is 23.8. The second kappa shape index (κ2) is 11.1. The van der Waals surface area contributed by atoms with Gasteiger partial charge in [0.15, 0.2) is 6.61 Å². The maximum atomic E-state index is 13.6. The summed E-state index contributed by atoms with van der Waals surface area (Å²) in [5.41, 5.74) is 0.812. The minimum Gasteiger partial charge on any atom is -0.482 e. The number of hydrogen-bond acceptors (Lipinski definition) is 4. The molecule has 3 rings (SSSR count). The summed E-state index contributed by atoms with van der Waals surface area (Å²) in [6.07, 6.45) is 1.36. The van der Waals surface area contributed by atoms with E-state index < -0.39 is 24.2 Å². The van der Waals surface area contributed by atoms with Gasteiger partial charge in [0.1, 0.15) is 23.2 Å². The summed E-state index contributed by atoms with van der Waals surface area (Å²) >= 11 is 12.1. The SMILES string of the molecule is N#C/C(=C/c1ccc(OCC(=O)Nc2ccccc2F)c(Cl)c1)C(=O)Nc1cccc(Cl)c1. The maximum Gasteiger partial charge on any atom is 0.266 e. The van der Waals surface area contributed by atoms with E-state index in [0.717, 1.165) is 0 Å². The van der Waals surface area contributed by atoms with E-state index in [1.807, 2.05) is 6.07 Å². The number of halogens is 3. The van der Waals surface area contributed by atoms with E-state index in [9.17, 15) is 19.2 Å². The van der Waals surface area contributed by atoms with Crippen LogP contribution in [0.25, 0.3) is 6.08 Å². The number of anilines is 2. The van der Waals surface area contributed by atoms with Crippen LogP contribution >= 0.6 is 23.2 Å². The lowest BCUT2D eigenvalue weighted by molar-refractivity contribution is -0.118. The van der Waals surface area contributed by atoms with Crippen LogP contribution in [0.4, 0.5) is 15.8 Å². The van der Waals surface area contributed by atoms with Crippen molar-refractivity contribution < 1.29 is 18.7 Å². The fourth-order valence-electron chi connectivity index (χ4n) is 2.70. The predicted octanol–water partition coefficient (Wildman–Crippen LogP) is 5.70. The van der Waals surface area contributed by atoms with E-state index in [4.69, 9.17) is 27.9 Å². The van der Waals surface area contributed by atoms with Gasteiger partial charge in [-0.2, -0.15) is 5.26 Å². The lowest BCUT2D eigenvalue weighted by Crippen LogP contribution is -2.20. The number of benzene rings is 3. The van der Waals surface area contributed by atoms with Crippen molar-refractivity contribution in [2.45, 2.75) is 0 Å². The number of carbonyl (C=O) groups is 2. The van der Waals surface area contributed by atoms with Crippen LogP contribution in [0.1, 0.15) is 5.56 Å². The van der Waals surface area contributed by atoms with Crippen LogP contribution in [0.3, 0.4) is 0 Å². The number of amides is 2. The fourth-order valence-corrected chi connectivity index (χ4v) is 3.13. The smallest absolute Gasteiger partial charge is 0.266 e. The molecule has 0 saturated heterocycles. The van der Waals surface area contributed by atoms with E-state index in [2.05, 4.69) is 10.6 Å². The van der Waals surface area contributed by atoms with E-state index in [-0.39, 0.29) is 22.0 Å². The van der Waals surface area contributed by atoms with Gasteiger partial charge in [0, 0.05) is 10.7 Å². The molecule has 0 aliphatic carbocycles. The highest BCUT2D eigenvalue weighted by molar-refractivity contribution is 6.32. The molecule has 0 heterocycles. The number of nitrogens with zero attached hydrogens (tertiary/aromatic N) is 1. The lowest BCUT2D eigenvalue weighted by atomic mass is 10.1. The summed E-state index contributed by atoms with van der Waals surface area (Å²) < 4.78 is 19.0. The summed E-state index contributed by atoms with van der Waals surface area (Å²) in [4.78, 5) is 24.4. The van der Waals surface area contributed by atoms with Crippen LogP contribution in [0, 0.1) is 17.1 Å². The van der Waals surface area contributed by atoms with Gasteiger partial charge in [-0.15, -0.1) is 0 Å². The molecule has 0 bridgehead atoms. The molecule has 0 aliphatic heterocycles. The first kappa shape index (κ1) is 23.8. The molecule has 0 unspecified atom stereocenters. The Bertz CT molecular complexity index is 1270. The third kappa shape index (κ3) is 6.81. The lowest BCUT2D eigenvalue weighted by Gasteiger charge is -2.10. The third-order valence-electron chi connectivity index (χ3n) is 4.22. The molecular formula is C24H16Cl2FN3O3. The molecular weight excluding hydrogens is 468 g/mol. The van der Waals surface area contributed by atoms with E-state index in [1.165, 1.54) is 36.4 Å². The van der Waals surface area contributed by atoms with Gasteiger partial charge in [0.2, 0.25) is 0 Å². The van der Waals surface area contributed by atoms with Crippen molar-refractivity contribution in [1.82, 2.24) is 0 Å². The Balaban J connectivity index is 1.64. The van der Waals surface area contributed by atoms with E-state index in [1.54, 1.807) is 36.4 Å². The number of rotatable bonds is 7. The third-order valence-corrected chi connectivity index (χ3v) is 4.75. The fraction of sp³-hybridized carbons (Fsp3) is 0.0417. The molecule has 166 valence electrons. The van der Waals surface area contributed by atoms with Gasteiger partial charge in [0.25, 0.3) is 11.8 Å². The standard InChI is InChI=1S/C24H16Cl2FN3O3/c25-17-4-3-5-18(12-17)29-24(32)16(13-28)10-15-8-9-22(19(26)11-15)33-14-23(31)30-21-7-2-1-6-20(21)27/h1-12H,14H2,(H,29,32)(H,30,31)/b16-10-. The van der Waals surface area contributed by atoms with Crippen molar-refractivity contribution in [2.24, 2.45) is 0 Å². The zero-order valence-corrected chi connectivity index (χ0v) is 18.5.